The number of ether oxygens (including phenoxy) is 2. The summed E-state index contributed by atoms with van der Waals surface area (Å²) in [7, 11) is 0. The van der Waals surface area contributed by atoms with Crippen molar-refractivity contribution < 1.29 is 19.4 Å². The summed E-state index contributed by atoms with van der Waals surface area (Å²) in [6.07, 6.45) is 2.84. The molecule has 0 atom stereocenters. The van der Waals surface area contributed by atoms with E-state index in [0.717, 1.165) is 0 Å². The van der Waals surface area contributed by atoms with E-state index < -0.39 is 5.97 Å². The average molecular weight is 305 g/mol. The molecule has 1 aliphatic rings. The van der Waals surface area contributed by atoms with E-state index in [1.54, 1.807) is 11.5 Å². The minimum Gasteiger partial charge on any atom is -0.462 e. The summed E-state index contributed by atoms with van der Waals surface area (Å²) >= 11 is 0. The summed E-state index contributed by atoms with van der Waals surface area (Å²) < 4.78 is 11.7. The first-order chi connectivity index (χ1) is 10.7. The van der Waals surface area contributed by atoms with Gasteiger partial charge in [0.25, 0.3) is 0 Å². The molecule has 9 heteroatoms. The van der Waals surface area contributed by atoms with Gasteiger partial charge in [-0.2, -0.15) is 5.26 Å². The maximum atomic E-state index is 11.8. The highest BCUT2D eigenvalue weighted by Crippen LogP contribution is 2.28. The number of hydrogen-bond donors (Lipinski definition) is 2. The van der Waals surface area contributed by atoms with Crippen LogP contribution >= 0.6 is 0 Å². The van der Waals surface area contributed by atoms with Gasteiger partial charge in [-0.3, -0.25) is 4.57 Å². The first-order valence-corrected chi connectivity index (χ1v) is 6.57. The van der Waals surface area contributed by atoms with Crippen molar-refractivity contribution in [2.75, 3.05) is 19.8 Å². The average Bonchev–Trinajstić information content (AvgIpc) is 2.93. The van der Waals surface area contributed by atoms with E-state index in [-0.39, 0.29) is 37.8 Å². The van der Waals surface area contributed by atoms with E-state index in [1.165, 1.54) is 12.7 Å². The molecule has 0 amide bonds. The van der Waals surface area contributed by atoms with Crippen molar-refractivity contribution in [1.29, 1.82) is 5.26 Å². The van der Waals surface area contributed by atoms with Gasteiger partial charge in [0, 0.05) is 0 Å². The molecule has 2 heterocycles. The molecular formula is C13H15N5O4. The first kappa shape index (κ1) is 15.7. The zero-order chi connectivity index (χ0) is 15.9. The van der Waals surface area contributed by atoms with E-state index in [0.29, 0.717) is 11.5 Å². The zero-order valence-corrected chi connectivity index (χ0v) is 11.9. The van der Waals surface area contributed by atoms with Crippen LogP contribution in [0, 0.1) is 11.3 Å². The van der Waals surface area contributed by atoms with Crippen molar-refractivity contribution in [3.8, 4) is 6.07 Å². The number of aliphatic imine (C=N–C) groups is 1. The number of hydrogen-bond acceptors (Lipinski definition) is 8. The Morgan fingerprint density at radius 3 is 3.09 bits per heavy atom. The Hall–Kier alpha value is -2.70. The van der Waals surface area contributed by atoms with Gasteiger partial charge in [-0.1, -0.05) is 0 Å². The maximum Gasteiger partial charge on any atom is 0.351 e. The van der Waals surface area contributed by atoms with Gasteiger partial charge in [0.15, 0.2) is 11.4 Å². The molecule has 0 aromatic carbocycles. The monoisotopic (exact) mass is 305 g/mol. The molecule has 116 valence electrons. The predicted octanol–water partition coefficient (Wildman–Crippen LogP) is -0.0897. The van der Waals surface area contributed by atoms with Crippen LogP contribution in [0.25, 0.3) is 5.70 Å². The zero-order valence-electron chi connectivity index (χ0n) is 11.9. The first-order valence-electron chi connectivity index (χ1n) is 6.57. The van der Waals surface area contributed by atoms with Crippen LogP contribution in [0.5, 0.6) is 0 Å². The summed E-state index contributed by atoms with van der Waals surface area (Å²) in [6, 6.07) is 1.83. The molecular weight excluding hydrogens is 290 g/mol. The van der Waals surface area contributed by atoms with Crippen LogP contribution in [0.3, 0.4) is 0 Å². The van der Waals surface area contributed by atoms with E-state index in [4.69, 9.17) is 14.6 Å². The van der Waals surface area contributed by atoms with Crippen molar-refractivity contribution in [2.24, 2.45) is 4.99 Å². The molecule has 1 aromatic rings. The number of imidazole rings is 1. The molecule has 9 nitrogen and oxygen atoms in total. The third kappa shape index (κ3) is 3.13. The summed E-state index contributed by atoms with van der Waals surface area (Å²) in [5.41, 5.74) is 0.433. The summed E-state index contributed by atoms with van der Waals surface area (Å²) in [5.74, 6) is -0.274. The number of nitriles is 1. The van der Waals surface area contributed by atoms with Gasteiger partial charge in [-0.15, -0.1) is 0 Å². The Morgan fingerprint density at radius 1 is 1.59 bits per heavy atom. The van der Waals surface area contributed by atoms with Crippen molar-refractivity contribution in [1.82, 2.24) is 14.9 Å². The molecule has 0 bridgehead atoms. The van der Waals surface area contributed by atoms with Crippen molar-refractivity contribution >= 4 is 23.8 Å². The number of aliphatic hydroxyl groups excluding tert-OH is 1. The Kier molecular flexibility index (Phi) is 5.24. The van der Waals surface area contributed by atoms with Crippen molar-refractivity contribution in [3.05, 3.63) is 17.6 Å². The Morgan fingerprint density at radius 2 is 2.41 bits per heavy atom. The van der Waals surface area contributed by atoms with E-state index in [9.17, 15) is 10.1 Å². The largest absolute Gasteiger partial charge is 0.462 e. The molecule has 22 heavy (non-hydrogen) atoms. The standard InChI is InChI=1S/C13H15N5O4/c1-2-22-13(20)9(5-14)10-11-12(16-6-15-10)18(7-17-11)8-21-4-3-19/h6-7,19H,2-4,8H2,1H3,(H,15,16)/b10-9+. The molecule has 0 unspecified atom stereocenters. The van der Waals surface area contributed by atoms with Crippen LogP contribution in [0.1, 0.15) is 12.6 Å². The number of nitrogens with zero attached hydrogens (tertiary/aromatic N) is 4. The third-order valence-corrected chi connectivity index (χ3v) is 2.75. The molecule has 0 aliphatic carbocycles. The lowest BCUT2D eigenvalue weighted by Gasteiger charge is -2.14. The molecule has 0 radical (unpaired) electrons. The third-order valence-electron chi connectivity index (χ3n) is 2.75. The molecule has 0 fully saturated rings. The van der Waals surface area contributed by atoms with E-state index in [2.05, 4.69) is 15.3 Å². The van der Waals surface area contributed by atoms with Crippen LogP contribution in [-0.2, 0) is 21.0 Å². The van der Waals surface area contributed by atoms with Gasteiger partial charge in [-0.05, 0) is 6.92 Å². The molecule has 2 N–H and O–H groups in total. The topological polar surface area (TPSA) is 122 Å². The lowest BCUT2D eigenvalue weighted by molar-refractivity contribution is -0.137. The highest BCUT2D eigenvalue weighted by Gasteiger charge is 2.25. The number of rotatable bonds is 6. The van der Waals surface area contributed by atoms with Crippen LogP contribution in [0.15, 0.2) is 16.9 Å². The highest BCUT2D eigenvalue weighted by molar-refractivity contribution is 6.04. The second kappa shape index (κ2) is 7.35. The van der Waals surface area contributed by atoms with Gasteiger partial charge >= 0.3 is 5.97 Å². The normalized spacial score (nSPS) is 14.8. The predicted molar refractivity (Wildman–Crippen MR) is 75.7 cm³/mol. The smallest absolute Gasteiger partial charge is 0.351 e. The van der Waals surface area contributed by atoms with Crippen LogP contribution in [0.2, 0.25) is 0 Å². The van der Waals surface area contributed by atoms with Crippen LogP contribution in [0.4, 0.5) is 5.82 Å². The number of carbonyl (C=O) groups excluding carboxylic acids is 1. The molecule has 0 spiro atoms. The lowest BCUT2D eigenvalue weighted by atomic mass is 10.1. The quantitative estimate of drug-likeness (QED) is 0.326. The fraction of sp³-hybridized carbons (Fsp3) is 0.385. The number of aliphatic hydroxyl groups is 1. The molecule has 1 aromatic heterocycles. The number of carbonyl (C=O) groups is 1. The van der Waals surface area contributed by atoms with Crippen LogP contribution in [-0.4, -0.2) is 46.8 Å². The number of esters is 1. The SMILES string of the molecule is CCOC(=O)/C(C#N)=C1/NC=Nc2c1ncn2COCCO. The van der Waals surface area contributed by atoms with Crippen LogP contribution < -0.4 is 5.32 Å². The van der Waals surface area contributed by atoms with Gasteiger partial charge in [0.2, 0.25) is 0 Å². The Balaban J connectivity index is 2.35. The molecule has 0 saturated carbocycles. The second-order valence-corrected chi connectivity index (χ2v) is 4.13. The van der Waals surface area contributed by atoms with E-state index >= 15 is 0 Å². The van der Waals surface area contributed by atoms with Gasteiger partial charge in [0.05, 0.1) is 38.2 Å². The van der Waals surface area contributed by atoms with E-state index in [1.807, 2.05) is 6.07 Å². The number of aromatic nitrogens is 2. The van der Waals surface area contributed by atoms with Gasteiger partial charge in [-0.25, -0.2) is 14.8 Å². The molecule has 2 rings (SSSR count). The summed E-state index contributed by atoms with van der Waals surface area (Å²) in [4.78, 5) is 20.1. The van der Waals surface area contributed by atoms with Gasteiger partial charge < -0.3 is 19.9 Å². The second-order valence-electron chi connectivity index (χ2n) is 4.13. The fourth-order valence-corrected chi connectivity index (χ4v) is 1.83. The number of fused-ring (bicyclic) bond motifs is 1. The number of nitrogens with one attached hydrogen (secondary N) is 1. The Labute approximate surface area is 126 Å². The minimum absolute atomic E-state index is 0.0890. The Bertz CT molecular complexity index is 656. The van der Waals surface area contributed by atoms with Crippen molar-refractivity contribution in [2.45, 2.75) is 13.7 Å². The molecule has 0 saturated heterocycles. The summed E-state index contributed by atoms with van der Waals surface area (Å²) in [6.45, 7) is 2.07. The fourth-order valence-electron chi connectivity index (χ4n) is 1.83. The highest BCUT2D eigenvalue weighted by atomic mass is 16.5. The lowest BCUT2D eigenvalue weighted by Crippen LogP contribution is -2.20. The maximum absolute atomic E-state index is 11.8. The molecule has 1 aliphatic heterocycles. The minimum atomic E-state index is -0.722. The van der Waals surface area contributed by atoms with Gasteiger partial charge in [0.1, 0.15) is 18.5 Å². The summed E-state index contributed by atoms with van der Waals surface area (Å²) in [5, 5.41) is 20.7. The van der Waals surface area contributed by atoms with Crippen molar-refractivity contribution in [3.63, 3.8) is 0 Å².